The summed E-state index contributed by atoms with van der Waals surface area (Å²) in [5.41, 5.74) is 12.1. The zero-order chi connectivity index (χ0) is 22.0. The van der Waals surface area contributed by atoms with Crippen LogP contribution in [0.4, 0.5) is 5.69 Å². The van der Waals surface area contributed by atoms with Crippen LogP contribution in [0, 0.1) is 27.7 Å². The van der Waals surface area contributed by atoms with Crippen molar-refractivity contribution >= 4 is 28.4 Å². The summed E-state index contributed by atoms with van der Waals surface area (Å²) >= 11 is 0. The van der Waals surface area contributed by atoms with Crippen molar-refractivity contribution < 1.29 is 5.84 Å². The molecular weight excluding hydrogens is 376 g/mol. The summed E-state index contributed by atoms with van der Waals surface area (Å²) in [6, 6.07) is 7.79. The number of aromatic nitrogens is 1. The van der Waals surface area contributed by atoms with E-state index < -0.39 is 0 Å². The number of aliphatic imine (C=N–C) groups is 1. The van der Waals surface area contributed by atoms with Crippen LogP contribution in [-0.4, -0.2) is 18.2 Å². The van der Waals surface area contributed by atoms with Crippen LogP contribution in [-0.2, 0) is 0 Å². The third kappa shape index (κ3) is 3.99. The van der Waals surface area contributed by atoms with Crippen LogP contribution in [0.25, 0.3) is 16.5 Å². The van der Waals surface area contributed by atoms with Crippen LogP contribution in [0.3, 0.4) is 0 Å². The molecule has 158 valence electrons. The van der Waals surface area contributed by atoms with Gasteiger partial charge in [-0.3, -0.25) is 14.8 Å². The zero-order valence-corrected chi connectivity index (χ0v) is 18.3. The van der Waals surface area contributed by atoms with E-state index >= 15 is 0 Å². The molecule has 0 bridgehead atoms. The maximum atomic E-state index is 13.1. The number of nitrogens with zero attached hydrogens (tertiary/aromatic N) is 2. The lowest BCUT2D eigenvalue weighted by Crippen LogP contribution is -2.14. The average Bonchev–Trinajstić information content (AvgIpc) is 2.71. The second kappa shape index (κ2) is 8.53. The fourth-order valence-corrected chi connectivity index (χ4v) is 3.63. The maximum absolute atomic E-state index is 13.1. The first-order chi connectivity index (χ1) is 14.3. The molecule has 0 aliphatic carbocycles. The maximum Gasteiger partial charge on any atom is 0.196 e. The largest absolute Gasteiger partial charge is 0.455 e. The predicted molar refractivity (Wildman–Crippen MR) is 126 cm³/mol. The Kier molecular flexibility index (Phi) is 6.06. The summed E-state index contributed by atoms with van der Waals surface area (Å²) in [4.78, 5) is 21.7. The van der Waals surface area contributed by atoms with Crippen LogP contribution >= 0.6 is 0 Å². The van der Waals surface area contributed by atoms with Gasteiger partial charge in [-0.05, 0) is 58.4 Å². The Hall–Kier alpha value is -3.41. The molecule has 3 aromatic rings. The summed E-state index contributed by atoms with van der Waals surface area (Å²) < 4.78 is 6.28. The molecule has 6 nitrogen and oxygen atoms in total. The minimum Gasteiger partial charge on any atom is -0.455 e. The van der Waals surface area contributed by atoms with Crippen LogP contribution in [0.5, 0.6) is 0 Å². The number of anilines is 1. The second-order valence-electron chi connectivity index (χ2n) is 7.58. The first-order valence-electron chi connectivity index (χ1n) is 9.90. The lowest BCUT2D eigenvalue weighted by molar-refractivity contribution is 0.576. The van der Waals surface area contributed by atoms with Crippen LogP contribution in [0.1, 0.15) is 48.2 Å². The molecule has 0 unspecified atom stereocenters. The summed E-state index contributed by atoms with van der Waals surface area (Å²) in [7, 11) is 1.65. The third-order valence-corrected chi connectivity index (χ3v) is 5.17. The number of nitrogens with two attached hydrogens (primary N) is 1. The number of allylic oxidation sites excluding steroid dienone is 1. The van der Waals surface area contributed by atoms with Gasteiger partial charge < -0.3 is 15.5 Å². The highest BCUT2D eigenvalue weighted by molar-refractivity contribution is 6.09. The van der Waals surface area contributed by atoms with E-state index in [1.54, 1.807) is 20.2 Å². The van der Waals surface area contributed by atoms with Gasteiger partial charge in [-0.2, -0.15) is 0 Å². The molecule has 0 aliphatic rings. The Morgan fingerprint density at radius 2 is 2.00 bits per heavy atom. The quantitative estimate of drug-likeness (QED) is 0.591. The number of hydrogen-bond acceptors (Lipinski definition) is 6. The minimum atomic E-state index is -0.112. The fourth-order valence-electron chi connectivity index (χ4n) is 3.63. The summed E-state index contributed by atoms with van der Waals surface area (Å²) in [5, 5.41) is 4.06. The molecule has 0 amide bonds. The Morgan fingerprint density at radius 1 is 1.27 bits per heavy atom. The van der Waals surface area contributed by atoms with Crippen molar-refractivity contribution in [2.24, 2.45) is 10.7 Å². The number of fused-ring (bicyclic) bond motifs is 1. The van der Waals surface area contributed by atoms with Gasteiger partial charge in [0, 0.05) is 37.7 Å². The zero-order valence-electron chi connectivity index (χ0n) is 18.3. The normalized spacial score (nSPS) is 13.2. The summed E-state index contributed by atoms with van der Waals surface area (Å²) in [6.45, 7) is 9.71. The van der Waals surface area contributed by atoms with Crippen molar-refractivity contribution in [2.75, 3.05) is 12.4 Å². The Balaban J connectivity index is 0.00000341. The topological polar surface area (TPSA) is 93.5 Å². The monoisotopic (exact) mass is 406 g/mol. The summed E-state index contributed by atoms with van der Waals surface area (Å²) in [6.07, 6.45) is 3.00. The molecule has 0 spiro atoms. The van der Waals surface area contributed by atoms with Crippen molar-refractivity contribution in [2.45, 2.75) is 40.7 Å². The lowest BCUT2D eigenvalue weighted by atomic mass is 9.99. The van der Waals surface area contributed by atoms with Gasteiger partial charge in [0.05, 0.1) is 28.4 Å². The molecule has 2 aromatic heterocycles. The van der Waals surface area contributed by atoms with Gasteiger partial charge in [0.15, 0.2) is 5.43 Å². The number of benzene rings is 1. The average molecular weight is 407 g/mol. The van der Waals surface area contributed by atoms with E-state index in [1.165, 1.54) is 6.20 Å². The van der Waals surface area contributed by atoms with Gasteiger partial charge in [-0.15, -0.1) is 0 Å². The molecule has 0 saturated heterocycles. The van der Waals surface area contributed by atoms with E-state index in [1.807, 2.05) is 52.0 Å². The Morgan fingerprint density at radius 3 is 2.63 bits per heavy atom. The van der Waals surface area contributed by atoms with Gasteiger partial charge in [-0.25, -0.2) is 0 Å². The van der Waals surface area contributed by atoms with E-state index in [0.717, 1.165) is 28.2 Å². The predicted octanol–water partition coefficient (Wildman–Crippen LogP) is 4.84. The second-order valence-corrected chi connectivity index (χ2v) is 7.58. The van der Waals surface area contributed by atoms with Crippen LogP contribution in [0.15, 0.2) is 44.7 Å². The minimum absolute atomic E-state index is 0. The Labute approximate surface area is 178 Å². The van der Waals surface area contributed by atoms with Crippen molar-refractivity contribution in [3.63, 3.8) is 0 Å². The molecule has 2 heterocycles. The summed E-state index contributed by atoms with van der Waals surface area (Å²) in [5.74, 6) is 0.436. The SMILES string of the molecule is CN=C/C(=C\N)c1oc2c([C@@H](C)Nc3ccc(C)nc3C)cc(C)cc2c(=O)c1C.[HH]. The third-order valence-electron chi connectivity index (χ3n) is 5.17. The van der Waals surface area contributed by atoms with E-state index in [2.05, 4.69) is 15.3 Å². The van der Waals surface area contributed by atoms with Gasteiger partial charge >= 0.3 is 0 Å². The van der Waals surface area contributed by atoms with E-state index in [4.69, 9.17) is 10.2 Å². The number of pyridine rings is 1. The van der Waals surface area contributed by atoms with Crippen molar-refractivity contribution in [1.29, 1.82) is 0 Å². The van der Waals surface area contributed by atoms with E-state index in [9.17, 15) is 4.79 Å². The highest BCUT2D eigenvalue weighted by Gasteiger charge is 2.19. The van der Waals surface area contributed by atoms with Gasteiger partial charge in [0.1, 0.15) is 11.3 Å². The lowest BCUT2D eigenvalue weighted by Gasteiger charge is -2.20. The number of hydrogen-bond donors (Lipinski definition) is 2. The smallest absolute Gasteiger partial charge is 0.196 e. The molecule has 0 radical (unpaired) electrons. The molecule has 0 saturated carbocycles. The van der Waals surface area contributed by atoms with Crippen molar-refractivity contribution in [3.8, 4) is 0 Å². The van der Waals surface area contributed by atoms with Crippen LogP contribution in [0.2, 0.25) is 0 Å². The van der Waals surface area contributed by atoms with Crippen LogP contribution < -0.4 is 16.5 Å². The molecule has 3 rings (SSSR count). The number of nitrogens with one attached hydrogen (secondary N) is 1. The molecule has 1 atom stereocenters. The molecule has 6 heteroatoms. The molecular formula is C24H30N4O2. The van der Waals surface area contributed by atoms with E-state index in [0.29, 0.717) is 27.9 Å². The molecule has 30 heavy (non-hydrogen) atoms. The van der Waals surface area contributed by atoms with E-state index in [-0.39, 0.29) is 12.9 Å². The number of aryl methyl sites for hydroxylation is 3. The highest BCUT2D eigenvalue weighted by Crippen LogP contribution is 2.30. The van der Waals surface area contributed by atoms with Gasteiger partial charge in [0.25, 0.3) is 0 Å². The Bertz CT molecular complexity index is 1230. The van der Waals surface area contributed by atoms with Gasteiger partial charge in [0.2, 0.25) is 0 Å². The molecule has 0 fully saturated rings. The molecule has 3 N–H and O–H groups in total. The standard InChI is InChI=1S/C24H28N4O2.H2/c1-13-9-19(16(4)28-21-8-7-14(2)27-17(21)5)24-20(10-13)22(29)15(3)23(30-24)18(11-25)12-26-6;/h7-12,16,28H,25H2,1-6H3;1H/b18-11+,26-12?;/t16-;/m1./s1. The first-order valence-corrected chi connectivity index (χ1v) is 9.90. The molecule has 1 aromatic carbocycles. The van der Waals surface area contributed by atoms with Crippen molar-refractivity contribution in [3.05, 3.63) is 74.5 Å². The first kappa shape index (κ1) is 21.3. The number of rotatable bonds is 5. The fraction of sp³-hybridized carbons (Fsp3) is 0.292. The van der Waals surface area contributed by atoms with Crippen molar-refractivity contribution in [1.82, 2.24) is 4.98 Å². The van der Waals surface area contributed by atoms with Gasteiger partial charge in [-0.1, -0.05) is 6.07 Å². The molecule has 0 aliphatic heterocycles. The highest BCUT2D eigenvalue weighted by atomic mass is 16.3.